The lowest BCUT2D eigenvalue weighted by Gasteiger charge is -2.06. The lowest BCUT2D eigenvalue weighted by Crippen LogP contribution is -2.15. The highest BCUT2D eigenvalue weighted by molar-refractivity contribution is 8.00. The molecule has 1 atom stereocenters. The maximum Gasteiger partial charge on any atom is 0.318 e. The van der Waals surface area contributed by atoms with Crippen LogP contribution in [0.1, 0.15) is 6.92 Å². The van der Waals surface area contributed by atoms with Crippen molar-refractivity contribution in [1.29, 1.82) is 0 Å². The fourth-order valence-electron chi connectivity index (χ4n) is 1.80. The molecule has 3 aromatic rings. The van der Waals surface area contributed by atoms with Crippen LogP contribution in [0.2, 0.25) is 0 Å². The molecule has 0 aliphatic heterocycles. The van der Waals surface area contributed by atoms with E-state index in [4.69, 9.17) is 4.74 Å². The first-order valence-corrected chi connectivity index (χ1v) is 7.37. The van der Waals surface area contributed by atoms with Gasteiger partial charge in [0.25, 0.3) is 0 Å². The van der Waals surface area contributed by atoms with Gasteiger partial charge in [0.15, 0.2) is 5.16 Å². The van der Waals surface area contributed by atoms with Gasteiger partial charge in [-0.1, -0.05) is 35.2 Å². The predicted octanol–water partition coefficient (Wildman–Crippen LogP) is 2.60. The van der Waals surface area contributed by atoms with E-state index >= 15 is 0 Å². The summed E-state index contributed by atoms with van der Waals surface area (Å²) in [5, 5.41) is 8.70. The molecule has 0 aliphatic rings. The second-order valence-corrected chi connectivity index (χ2v) is 6.27. The van der Waals surface area contributed by atoms with Gasteiger partial charge in [-0.15, -0.1) is 10.2 Å². The van der Waals surface area contributed by atoms with Gasteiger partial charge in [0.05, 0.1) is 17.3 Å². The number of thioether (sulfide) groups is 1. The van der Waals surface area contributed by atoms with Gasteiger partial charge in [-0.3, -0.25) is 9.20 Å². The Labute approximate surface area is 117 Å². The molecule has 0 aliphatic carbocycles. The number of hydrogen-bond donors (Lipinski definition) is 0. The third-order valence-corrected chi connectivity index (χ3v) is 4.76. The molecule has 0 saturated carbocycles. The monoisotopic (exact) mass is 293 g/mol. The van der Waals surface area contributed by atoms with Gasteiger partial charge in [0, 0.05) is 0 Å². The van der Waals surface area contributed by atoms with Crippen molar-refractivity contribution in [3.05, 3.63) is 24.3 Å². The largest absolute Gasteiger partial charge is 0.468 e. The molecule has 0 N–H and O–H groups in total. The number of methoxy groups -OCH3 is 1. The van der Waals surface area contributed by atoms with E-state index in [1.54, 1.807) is 18.3 Å². The number of rotatable bonds is 3. The van der Waals surface area contributed by atoms with E-state index in [0.717, 1.165) is 15.2 Å². The Morgan fingerprint density at radius 1 is 1.42 bits per heavy atom. The third-order valence-electron chi connectivity index (χ3n) is 2.73. The summed E-state index contributed by atoms with van der Waals surface area (Å²) in [7, 11) is 1.39. The van der Waals surface area contributed by atoms with Gasteiger partial charge in [-0.25, -0.2) is 0 Å². The molecule has 0 fully saturated rings. The highest BCUT2D eigenvalue weighted by Gasteiger charge is 2.20. The molecule has 0 spiro atoms. The SMILES string of the molecule is COC(=O)C(C)Sc1nnc2sc3ccccc3n12. The Balaban J connectivity index is 2.06. The van der Waals surface area contributed by atoms with Gasteiger partial charge in [-0.2, -0.15) is 0 Å². The molecule has 2 heterocycles. The lowest BCUT2D eigenvalue weighted by molar-refractivity contribution is -0.139. The molecule has 19 heavy (non-hydrogen) atoms. The summed E-state index contributed by atoms with van der Waals surface area (Å²) in [6.45, 7) is 1.80. The van der Waals surface area contributed by atoms with Crippen LogP contribution in [-0.4, -0.2) is 32.9 Å². The second kappa shape index (κ2) is 4.82. The van der Waals surface area contributed by atoms with E-state index in [1.807, 2.05) is 28.7 Å². The number of thiazole rings is 1. The average Bonchev–Trinajstić information content (AvgIpc) is 2.97. The quantitative estimate of drug-likeness (QED) is 0.549. The van der Waals surface area contributed by atoms with Crippen molar-refractivity contribution in [2.24, 2.45) is 0 Å². The molecule has 1 unspecified atom stereocenters. The normalized spacial score (nSPS) is 12.9. The predicted molar refractivity (Wildman–Crippen MR) is 75.7 cm³/mol. The van der Waals surface area contributed by atoms with Crippen LogP contribution in [0.5, 0.6) is 0 Å². The zero-order valence-electron chi connectivity index (χ0n) is 10.4. The number of ether oxygens (including phenoxy) is 1. The van der Waals surface area contributed by atoms with E-state index in [9.17, 15) is 4.79 Å². The van der Waals surface area contributed by atoms with E-state index in [0.29, 0.717) is 5.16 Å². The number of para-hydroxylation sites is 1. The zero-order valence-corrected chi connectivity index (χ0v) is 12.0. The molecule has 3 rings (SSSR count). The molecule has 2 aromatic heterocycles. The van der Waals surface area contributed by atoms with Gasteiger partial charge in [-0.05, 0) is 19.1 Å². The molecular weight excluding hydrogens is 282 g/mol. The Morgan fingerprint density at radius 3 is 3.00 bits per heavy atom. The molecule has 0 bridgehead atoms. The van der Waals surface area contributed by atoms with Crippen molar-refractivity contribution in [3.8, 4) is 0 Å². The molecule has 0 saturated heterocycles. The smallest absolute Gasteiger partial charge is 0.318 e. The summed E-state index contributed by atoms with van der Waals surface area (Å²) in [5.74, 6) is -0.263. The number of benzene rings is 1. The molecule has 98 valence electrons. The first kappa shape index (κ1) is 12.4. The molecule has 5 nitrogen and oxygen atoms in total. The lowest BCUT2D eigenvalue weighted by atomic mass is 10.3. The minimum absolute atomic E-state index is 0.263. The second-order valence-electron chi connectivity index (χ2n) is 3.95. The van der Waals surface area contributed by atoms with Crippen LogP contribution in [0.25, 0.3) is 15.2 Å². The highest BCUT2D eigenvalue weighted by Crippen LogP contribution is 2.31. The molecular formula is C12H11N3O2S2. The van der Waals surface area contributed by atoms with Gasteiger partial charge in [0.2, 0.25) is 4.96 Å². The number of hydrogen-bond acceptors (Lipinski definition) is 6. The van der Waals surface area contributed by atoms with E-state index in [2.05, 4.69) is 10.2 Å². The number of esters is 1. The maximum absolute atomic E-state index is 11.5. The van der Waals surface area contributed by atoms with Crippen LogP contribution in [-0.2, 0) is 9.53 Å². The van der Waals surface area contributed by atoms with E-state index in [-0.39, 0.29) is 11.2 Å². The van der Waals surface area contributed by atoms with E-state index < -0.39 is 0 Å². The van der Waals surface area contributed by atoms with Gasteiger partial charge in [0.1, 0.15) is 5.25 Å². The van der Waals surface area contributed by atoms with Crippen LogP contribution in [0.3, 0.4) is 0 Å². The van der Waals surface area contributed by atoms with Crippen molar-refractivity contribution in [2.45, 2.75) is 17.3 Å². The number of fused-ring (bicyclic) bond motifs is 3. The summed E-state index contributed by atoms with van der Waals surface area (Å²) in [5.41, 5.74) is 1.06. The number of carbonyl (C=O) groups is 1. The minimum atomic E-state index is -0.309. The van der Waals surface area contributed by atoms with Gasteiger partial charge < -0.3 is 4.74 Å². The first-order valence-electron chi connectivity index (χ1n) is 5.68. The fourth-order valence-corrected chi connectivity index (χ4v) is 3.71. The van der Waals surface area contributed by atoms with Crippen molar-refractivity contribution in [2.75, 3.05) is 7.11 Å². The van der Waals surface area contributed by atoms with Crippen LogP contribution in [0.4, 0.5) is 0 Å². The Kier molecular flexibility index (Phi) is 3.16. The van der Waals surface area contributed by atoms with E-state index in [1.165, 1.54) is 18.9 Å². The molecule has 7 heteroatoms. The average molecular weight is 293 g/mol. The Morgan fingerprint density at radius 2 is 2.21 bits per heavy atom. The minimum Gasteiger partial charge on any atom is -0.468 e. The summed E-state index contributed by atoms with van der Waals surface area (Å²) < 4.78 is 7.86. The van der Waals surface area contributed by atoms with Crippen molar-refractivity contribution < 1.29 is 9.53 Å². The standard InChI is InChI=1S/C12H11N3O2S2/c1-7(10(16)17-2)18-11-13-14-12-15(11)8-5-3-4-6-9(8)19-12/h3-7H,1-2H3. The first-order chi connectivity index (χ1) is 9.20. The molecule has 0 amide bonds. The highest BCUT2D eigenvalue weighted by atomic mass is 32.2. The summed E-state index contributed by atoms with van der Waals surface area (Å²) in [4.78, 5) is 12.3. The molecule has 1 aromatic carbocycles. The third kappa shape index (κ3) is 2.08. The number of nitrogens with zero attached hydrogens (tertiary/aromatic N) is 3. The van der Waals surface area contributed by atoms with Crippen LogP contribution in [0, 0.1) is 0 Å². The number of aromatic nitrogens is 3. The summed E-state index contributed by atoms with van der Waals surface area (Å²) in [6, 6.07) is 8.05. The summed E-state index contributed by atoms with van der Waals surface area (Å²) in [6.07, 6.45) is 0. The van der Waals surface area contributed by atoms with Crippen molar-refractivity contribution in [3.63, 3.8) is 0 Å². The van der Waals surface area contributed by atoms with Gasteiger partial charge >= 0.3 is 5.97 Å². The van der Waals surface area contributed by atoms with Crippen molar-refractivity contribution in [1.82, 2.24) is 14.6 Å². The topological polar surface area (TPSA) is 56.5 Å². The van der Waals surface area contributed by atoms with Crippen molar-refractivity contribution >= 4 is 44.2 Å². The Bertz CT molecular complexity index is 750. The number of carbonyl (C=O) groups excluding carboxylic acids is 1. The zero-order chi connectivity index (χ0) is 13.4. The van der Waals surface area contributed by atoms with Crippen LogP contribution < -0.4 is 0 Å². The fraction of sp³-hybridized carbons (Fsp3) is 0.250. The van der Waals surface area contributed by atoms with Crippen LogP contribution >= 0.6 is 23.1 Å². The maximum atomic E-state index is 11.5. The van der Waals surface area contributed by atoms with Crippen LogP contribution in [0.15, 0.2) is 29.4 Å². The summed E-state index contributed by atoms with van der Waals surface area (Å²) >= 11 is 2.94. The Hall–Kier alpha value is -1.60. The molecule has 0 radical (unpaired) electrons.